The summed E-state index contributed by atoms with van der Waals surface area (Å²) in [6, 6.07) is 0.314. The molecule has 0 spiro atoms. The van der Waals surface area contributed by atoms with E-state index in [9.17, 15) is 4.79 Å². The first-order valence-corrected chi connectivity index (χ1v) is 5.20. The Bertz CT molecular complexity index is 174. The predicted molar refractivity (Wildman–Crippen MR) is 52.9 cm³/mol. The maximum atomic E-state index is 10.9. The smallest absolute Gasteiger partial charge is 0.220 e. The lowest BCUT2D eigenvalue weighted by atomic mass is 9.78. The Morgan fingerprint density at radius 3 is 2.31 bits per heavy atom. The van der Waals surface area contributed by atoms with E-state index in [1.807, 2.05) is 0 Å². The van der Waals surface area contributed by atoms with Crippen molar-refractivity contribution in [3.8, 4) is 0 Å². The van der Waals surface area contributed by atoms with Crippen LogP contribution in [0.3, 0.4) is 0 Å². The molecule has 0 bridgehead atoms. The van der Waals surface area contributed by atoms with Crippen molar-refractivity contribution in [1.29, 1.82) is 0 Å². The molecule has 3 nitrogen and oxygen atoms in total. The first-order chi connectivity index (χ1) is 6.15. The Labute approximate surface area is 79.9 Å². The molecule has 0 radical (unpaired) electrons. The van der Waals surface area contributed by atoms with Gasteiger partial charge in [-0.25, -0.2) is 0 Å². The summed E-state index contributed by atoms with van der Waals surface area (Å²) in [6.07, 6.45) is 5.05. The Hall–Kier alpha value is -0.570. The SMILES string of the molecule is CCC(N)C1CCC(C(N)=O)CC1. The molecule has 0 aliphatic heterocycles. The van der Waals surface area contributed by atoms with E-state index in [1.165, 1.54) is 0 Å². The second-order valence-electron chi connectivity index (χ2n) is 4.09. The Morgan fingerprint density at radius 1 is 1.38 bits per heavy atom. The maximum absolute atomic E-state index is 10.9. The molecule has 3 heteroatoms. The molecular formula is C10H20N2O. The number of primary amides is 1. The quantitative estimate of drug-likeness (QED) is 0.687. The Kier molecular flexibility index (Phi) is 3.72. The fraction of sp³-hybridized carbons (Fsp3) is 0.900. The van der Waals surface area contributed by atoms with Crippen molar-refractivity contribution < 1.29 is 4.79 Å². The van der Waals surface area contributed by atoms with Gasteiger partial charge in [0.25, 0.3) is 0 Å². The summed E-state index contributed by atoms with van der Waals surface area (Å²) in [4.78, 5) is 10.9. The maximum Gasteiger partial charge on any atom is 0.220 e. The minimum Gasteiger partial charge on any atom is -0.369 e. The van der Waals surface area contributed by atoms with Crippen LogP contribution in [0.5, 0.6) is 0 Å². The highest BCUT2D eigenvalue weighted by Gasteiger charge is 2.27. The number of hydrogen-bond acceptors (Lipinski definition) is 2. The van der Waals surface area contributed by atoms with Crippen LogP contribution in [0.4, 0.5) is 0 Å². The Morgan fingerprint density at radius 2 is 1.92 bits per heavy atom. The van der Waals surface area contributed by atoms with Gasteiger partial charge in [-0.1, -0.05) is 6.92 Å². The molecule has 1 fully saturated rings. The average molecular weight is 184 g/mol. The summed E-state index contributed by atoms with van der Waals surface area (Å²) < 4.78 is 0. The molecule has 1 aliphatic rings. The van der Waals surface area contributed by atoms with E-state index >= 15 is 0 Å². The first-order valence-electron chi connectivity index (χ1n) is 5.20. The van der Waals surface area contributed by atoms with Crippen molar-refractivity contribution in [3.05, 3.63) is 0 Å². The number of rotatable bonds is 3. The third kappa shape index (κ3) is 2.69. The highest BCUT2D eigenvalue weighted by Crippen LogP contribution is 2.30. The summed E-state index contributed by atoms with van der Waals surface area (Å²) in [6.45, 7) is 2.12. The number of hydrogen-bond donors (Lipinski definition) is 2. The standard InChI is InChI=1S/C10H20N2O/c1-2-9(11)7-3-5-8(6-4-7)10(12)13/h7-9H,2-6,11H2,1H3,(H2,12,13). The van der Waals surface area contributed by atoms with Crippen molar-refractivity contribution >= 4 is 5.91 Å². The molecule has 13 heavy (non-hydrogen) atoms. The summed E-state index contributed by atoms with van der Waals surface area (Å²) in [5, 5.41) is 0. The van der Waals surface area contributed by atoms with Crippen LogP contribution in [0, 0.1) is 11.8 Å². The monoisotopic (exact) mass is 184 g/mol. The number of carbonyl (C=O) groups excluding carboxylic acids is 1. The zero-order valence-corrected chi connectivity index (χ0v) is 8.33. The van der Waals surface area contributed by atoms with E-state index in [-0.39, 0.29) is 11.8 Å². The number of nitrogens with two attached hydrogens (primary N) is 2. The normalized spacial score (nSPS) is 31.2. The van der Waals surface area contributed by atoms with Crippen LogP contribution in [-0.2, 0) is 4.79 Å². The van der Waals surface area contributed by atoms with Gasteiger partial charge in [-0.2, -0.15) is 0 Å². The summed E-state index contributed by atoms with van der Waals surface area (Å²) in [7, 11) is 0. The fourth-order valence-electron chi connectivity index (χ4n) is 2.17. The van der Waals surface area contributed by atoms with Gasteiger partial charge in [-0.15, -0.1) is 0 Å². The molecule has 1 amide bonds. The molecular weight excluding hydrogens is 164 g/mol. The zero-order chi connectivity index (χ0) is 9.84. The topological polar surface area (TPSA) is 69.1 Å². The molecule has 1 aliphatic carbocycles. The summed E-state index contributed by atoms with van der Waals surface area (Å²) in [5.74, 6) is 0.587. The van der Waals surface area contributed by atoms with Gasteiger partial charge in [0.05, 0.1) is 0 Å². The third-order valence-corrected chi connectivity index (χ3v) is 3.25. The largest absolute Gasteiger partial charge is 0.369 e. The second-order valence-corrected chi connectivity index (χ2v) is 4.09. The molecule has 4 N–H and O–H groups in total. The second kappa shape index (κ2) is 4.61. The van der Waals surface area contributed by atoms with Crippen molar-refractivity contribution in [2.45, 2.75) is 45.1 Å². The van der Waals surface area contributed by atoms with Gasteiger partial charge >= 0.3 is 0 Å². The van der Waals surface area contributed by atoms with Gasteiger partial charge in [-0.05, 0) is 38.0 Å². The fourth-order valence-corrected chi connectivity index (χ4v) is 2.17. The summed E-state index contributed by atoms with van der Waals surface area (Å²) in [5.41, 5.74) is 11.2. The van der Waals surface area contributed by atoms with Crippen LogP contribution >= 0.6 is 0 Å². The molecule has 1 atom stereocenters. The van der Waals surface area contributed by atoms with Crippen molar-refractivity contribution in [2.75, 3.05) is 0 Å². The minimum atomic E-state index is -0.136. The third-order valence-electron chi connectivity index (χ3n) is 3.25. The van der Waals surface area contributed by atoms with Gasteiger partial charge in [0, 0.05) is 12.0 Å². The molecule has 1 rings (SSSR count). The lowest BCUT2D eigenvalue weighted by Gasteiger charge is -2.30. The molecule has 0 aromatic rings. The van der Waals surface area contributed by atoms with E-state index in [0.717, 1.165) is 32.1 Å². The Balaban J connectivity index is 2.34. The van der Waals surface area contributed by atoms with E-state index in [2.05, 4.69) is 6.92 Å². The van der Waals surface area contributed by atoms with Crippen LogP contribution in [0.25, 0.3) is 0 Å². The highest BCUT2D eigenvalue weighted by atomic mass is 16.1. The van der Waals surface area contributed by atoms with Gasteiger partial charge in [0.2, 0.25) is 5.91 Å². The van der Waals surface area contributed by atoms with Gasteiger partial charge in [-0.3, -0.25) is 4.79 Å². The lowest BCUT2D eigenvalue weighted by molar-refractivity contribution is -0.123. The lowest BCUT2D eigenvalue weighted by Crippen LogP contribution is -2.35. The molecule has 0 aromatic carbocycles. The van der Waals surface area contributed by atoms with Gasteiger partial charge < -0.3 is 11.5 Å². The highest BCUT2D eigenvalue weighted by molar-refractivity contribution is 5.76. The number of amides is 1. The van der Waals surface area contributed by atoms with E-state index in [0.29, 0.717) is 12.0 Å². The van der Waals surface area contributed by atoms with Crippen LogP contribution in [0.15, 0.2) is 0 Å². The van der Waals surface area contributed by atoms with Crippen LogP contribution in [-0.4, -0.2) is 11.9 Å². The number of carbonyl (C=O) groups is 1. The minimum absolute atomic E-state index is 0.111. The van der Waals surface area contributed by atoms with E-state index in [4.69, 9.17) is 11.5 Å². The first kappa shape index (κ1) is 10.5. The molecule has 1 unspecified atom stereocenters. The van der Waals surface area contributed by atoms with Crippen molar-refractivity contribution in [3.63, 3.8) is 0 Å². The van der Waals surface area contributed by atoms with E-state index < -0.39 is 0 Å². The van der Waals surface area contributed by atoms with E-state index in [1.54, 1.807) is 0 Å². The van der Waals surface area contributed by atoms with Crippen molar-refractivity contribution in [2.24, 2.45) is 23.3 Å². The zero-order valence-electron chi connectivity index (χ0n) is 8.33. The van der Waals surface area contributed by atoms with Gasteiger partial charge in [0.1, 0.15) is 0 Å². The molecule has 0 saturated heterocycles. The van der Waals surface area contributed by atoms with Crippen LogP contribution in [0.1, 0.15) is 39.0 Å². The molecule has 0 aromatic heterocycles. The molecule has 76 valence electrons. The van der Waals surface area contributed by atoms with Crippen molar-refractivity contribution in [1.82, 2.24) is 0 Å². The van der Waals surface area contributed by atoms with Crippen LogP contribution in [0.2, 0.25) is 0 Å². The molecule has 0 heterocycles. The van der Waals surface area contributed by atoms with Crippen LogP contribution < -0.4 is 11.5 Å². The van der Waals surface area contributed by atoms with Gasteiger partial charge in [0.15, 0.2) is 0 Å². The molecule has 1 saturated carbocycles. The summed E-state index contributed by atoms with van der Waals surface area (Å²) >= 11 is 0. The average Bonchev–Trinajstić information content (AvgIpc) is 2.17. The predicted octanol–water partition coefficient (Wildman–Crippen LogP) is 1.02.